The molecule has 0 aliphatic carbocycles. The Morgan fingerprint density at radius 1 is 1.18 bits per heavy atom. The topological polar surface area (TPSA) is 15.3 Å². The summed E-state index contributed by atoms with van der Waals surface area (Å²) >= 11 is 0. The molecule has 1 fully saturated rings. The molecule has 1 atom stereocenters. The molecule has 1 unspecified atom stereocenters. The number of benzene rings is 1. The van der Waals surface area contributed by atoms with Crippen molar-refractivity contribution >= 4 is 5.69 Å². The first-order chi connectivity index (χ1) is 8.02. The average Bonchev–Trinajstić information content (AvgIpc) is 2.29. The molecule has 0 aromatic heterocycles. The van der Waals surface area contributed by atoms with Gasteiger partial charge in [0.25, 0.3) is 0 Å². The molecule has 2 rings (SSSR count). The van der Waals surface area contributed by atoms with Crippen LogP contribution in [0.2, 0.25) is 0 Å². The molecular formula is C11H12F4N2. The minimum Gasteiger partial charge on any atom is -0.361 e. The van der Waals surface area contributed by atoms with Crippen LogP contribution >= 0.6 is 0 Å². The second-order valence-electron chi connectivity index (χ2n) is 4.06. The number of nitrogens with one attached hydrogen (secondary N) is 1. The summed E-state index contributed by atoms with van der Waals surface area (Å²) in [5.41, 5.74) is -0.614. The highest BCUT2D eigenvalue weighted by Crippen LogP contribution is 2.29. The van der Waals surface area contributed by atoms with Gasteiger partial charge in [-0.2, -0.15) is 0 Å². The molecule has 94 valence electrons. The van der Waals surface area contributed by atoms with E-state index < -0.39 is 29.0 Å². The van der Waals surface area contributed by atoms with Crippen molar-refractivity contribution in [2.75, 3.05) is 24.5 Å². The van der Waals surface area contributed by atoms with E-state index >= 15 is 0 Å². The summed E-state index contributed by atoms with van der Waals surface area (Å²) in [5.74, 6) is -5.41. The Labute approximate surface area is 96.2 Å². The van der Waals surface area contributed by atoms with E-state index in [1.807, 2.05) is 0 Å². The van der Waals surface area contributed by atoms with Gasteiger partial charge >= 0.3 is 0 Å². The molecule has 1 heterocycles. The molecule has 0 amide bonds. The number of halogens is 4. The zero-order chi connectivity index (χ0) is 12.6. The van der Waals surface area contributed by atoms with Gasteiger partial charge in [0.05, 0.1) is 0 Å². The zero-order valence-electron chi connectivity index (χ0n) is 9.24. The summed E-state index contributed by atoms with van der Waals surface area (Å²) in [7, 11) is 0. The summed E-state index contributed by atoms with van der Waals surface area (Å²) in [4.78, 5) is 1.34. The maximum absolute atomic E-state index is 13.6. The van der Waals surface area contributed by atoms with E-state index in [0.717, 1.165) is 0 Å². The van der Waals surface area contributed by atoms with Crippen molar-refractivity contribution in [3.05, 3.63) is 29.3 Å². The second-order valence-corrected chi connectivity index (χ2v) is 4.06. The molecular weight excluding hydrogens is 236 g/mol. The van der Waals surface area contributed by atoms with Crippen LogP contribution in [0.4, 0.5) is 23.2 Å². The molecule has 1 saturated heterocycles. The van der Waals surface area contributed by atoms with Crippen LogP contribution < -0.4 is 10.2 Å². The lowest BCUT2D eigenvalue weighted by molar-refractivity contribution is 0.431. The number of piperazine rings is 1. The van der Waals surface area contributed by atoms with E-state index in [-0.39, 0.29) is 12.1 Å². The van der Waals surface area contributed by atoms with Gasteiger partial charge in [0.15, 0.2) is 23.3 Å². The number of hydrogen-bond acceptors (Lipinski definition) is 2. The van der Waals surface area contributed by atoms with Crippen LogP contribution in [0.1, 0.15) is 6.92 Å². The molecule has 1 N–H and O–H groups in total. The predicted molar refractivity (Wildman–Crippen MR) is 56.0 cm³/mol. The Balaban J connectivity index is 2.49. The van der Waals surface area contributed by atoms with Crippen molar-refractivity contribution < 1.29 is 17.6 Å². The van der Waals surface area contributed by atoms with Gasteiger partial charge in [0, 0.05) is 31.7 Å². The van der Waals surface area contributed by atoms with E-state index in [2.05, 4.69) is 5.32 Å². The molecule has 0 bridgehead atoms. The number of nitrogens with zero attached hydrogens (tertiary/aromatic N) is 1. The SMILES string of the molecule is CC1CNCCN1c1c(F)c(F)cc(F)c1F. The van der Waals surface area contributed by atoms with Crippen LogP contribution in [0.25, 0.3) is 0 Å². The molecule has 0 spiro atoms. The van der Waals surface area contributed by atoms with Crippen LogP contribution in [0.5, 0.6) is 0 Å². The van der Waals surface area contributed by atoms with E-state index in [0.29, 0.717) is 19.6 Å². The lowest BCUT2D eigenvalue weighted by atomic mass is 10.1. The van der Waals surface area contributed by atoms with Gasteiger partial charge in [0.1, 0.15) is 5.69 Å². The van der Waals surface area contributed by atoms with Gasteiger partial charge in [-0.1, -0.05) is 0 Å². The minimum atomic E-state index is -1.37. The Bertz CT molecular complexity index is 410. The third-order valence-corrected chi connectivity index (χ3v) is 2.88. The highest BCUT2D eigenvalue weighted by atomic mass is 19.2. The van der Waals surface area contributed by atoms with Crippen LogP contribution in [0.3, 0.4) is 0 Å². The number of anilines is 1. The highest BCUT2D eigenvalue weighted by Gasteiger charge is 2.28. The third-order valence-electron chi connectivity index (χ3n) is 2.88. The Kier molecular flexibility index (Phi) is 3.24. The van der Waals surface area contributed by atoms with Gasteiger partial charge < -0.3 is 10.2 Å². The van der Waals surface area contributed by atoms with E-state index in [1.165, 1.54) is 4.90 Å². The molecule has 1 aromatic rings. The Morgan fingerprint density at radius 2 is 1.76 bits per heavy atom. The van der Waals surface area contributed by atoms with Gasteiger partial charge in [-0.15, -0.1) is 0 Å². The van der Waals surface area contributed by atoms with Gasteiger partial charge in [-0.05, 0) is 6.92 Å². The maximum atomic E-state index is 13.6. The molecule has 1 aliphatic rings. The summed E-state index contributed by atoms with van der Waals surface area (Å²) in [6.07, 6.45) is 0. The standard InChI is InChI=1S/C11H12F4N2/c1-6-5-16-2-3-17(6)11-9(14)7(12)4-8(13)10(11)15/h4,6,16H,2-3,5H2,1H3. The van der Waals surface area contributed by atoms with Crippen LogP contribution in [0.15, 0.2) is 6.07 Å². The van der Waals surface area contributed by atoms with E-state index in [9.17, 15) is 17.6 Å². The summed E-state index contributed by atoms with van der Waals surface area (Å²) < 4.78 is 53.3. The quantitative estimate of drug-likeness (QED) is 0.604. The Hall–Kier alpha value is -1.30. The third kappa shape index (κ3) is 2.09. The lowest BCUT2D eigenvalue weighted by Crippen LogP contribution is -2.50. The first-order valence-corrected chi connectivity index (χ1v) is 5.32. The molecule has 0 saturated carbocycles. The van der Waals surface area contributed by atoms with Gasteiger partial charge in [-0.3, -0.25) is 0 Å². The lowest BCUT2D eigenvalue weighted by Gasteiger charge is -2.36. The summed E-state index contributed by atoms with van der Waals surface area (Å²) in [6, 6.07) is -0.00458. The molecule has 1 aromatic carbocycles. The van der Waals surface area contributed by atoms with Crippen molar-refractivity contribution in [1.82, 2.24) is 5.32 Å². The first-order valence-electron chi connectivity index (χ1n) is 5.32. The molecule has 17 heavy (non-hydrogen) atoms. The van der Waals surface area contributed by atoms with Crippen LogP contribution in [-0.2, 0) is 0 Å². The van der Waals surface area contributed by atoms with Crippen LogP contribution in [0, 0.1) is 23.3 Å². The monoisotopic (exact) mass is 248 g/mol. The summed E-state index contributed by atoms with van der Waals surface area (Å²) in [5, 5.41) is 3.03. The summed E-state index contributed by atoms with van der Waals surface area (Å²) in [6.45, 7) is 3.06. The van der Waals surface area contributed by atoms with Crippen molar-refractivity contribution in [2.24, 2.45) is 0 Å². The molecule has 6 heteroatoms. The first kappa shape index (κ1) is 12.2. The van der Waals surface area contributed by atoms with E-state index in [1.54, 1.807) is 6.92 Å². The second kappa shape index (κ2) is 4.52. The van der Waals surface area contributed by atoms with Crippen molar-refractivity contribution in [3.8, 4) is 0 Å². The predicted octanol–water partition coefficient (Wildman–Crippen LogP) is 2.04. The van der Waals surface area contributed by atoms with E-state index in [4.69, 9.17) is 0 Å². The van der Waals surface area contributed by atoms with Gasteiger partial charge in [-0.25, -0.2) is 17.6 Å². The minimum absolute atomic E-state index is 0.223. The normalized spacial score (nSPS) is 20.8. The van der Waals surface area contributed by atoms with Crippen molar-refractivity contribution in [1.29, 1.82) is 0 Å². The highest BCUT2D eigenvalue weighted by molar-refractivity contribution is 5.51. The average molecular weight is 248 g/mol. The smallest absolute Gasteiger partial charge is 0.185 e. The largest absolute Gasteiger partial charge is 0.361 e. The molecule has 1 aliphatic heterocycles. The molecule has 0 radical (unpaired) electrons. The molecule has 2 nitrogen and oxygen atoms in total. The van der Waals surface area contributed by atoms with Crippen LogP contribution in [-0.4, -0.2) is 25.7 Å². The Morgan fingerprint density at radius 3 is 2.29 bits per heavy atom. The maximum Gasteiger partial charge on any atom is 0.185 e. The fraction of sp³-hybridized carbons (Fsp3) is 0.455. The number of rotatable bonds is 1. The fourth-order valence-electron chi connectivity index (χ4n) is 1.99. The van der Waals surface area contributed by atoms with Crippen molar-refractivity contribution in [2.45, 2.75) is 13.0 Å². The number of hydrogen-bond donors (Lipinski definition) is 1. The van der Waals surface area contributed by atoms with Crippen molar-refractivity contribution in [3.63, 3.8) is 0 Å². The fourth-order valence-corrected chi connectivity index (χ4v) is 1.99. The van der Waals surface area contributed by atoms with Gasteiger partial charge in [0.2, 0.25) is 0 Å². The zero-order valence-corrected chi connectivity index (χ0v) is 9.24.